The van der Waals surface area contributed by atoms with Gasteiger partial charge in [-0.25, -0.2) is 0 Å². The van der Waals surface area contributed by atoms with Crippen molar-refractivity contribution < 1.29 is 9.42 Å². The number of rotatable bonds is 5. The van der Waals surface area contributed by atoms with Crippen molar-refractivity contribution in [3.63, 3.8) is 0 Å². The quantitative estimate of drug-likeness (QED) is 0.510. The maximum absolute atomic E-state index is 10.5. The lowest BCUT2D eigenvalue weighted by molar-refractivity contribution is 0.0857. The molecule has 0 aromatic rings. The highest BCUT2D eigenvalue weighted by molar-refractivity contribution is 8.10. The minimum absolute atomic E-state index is 0.338. The Hall–Kier alpha value is 0.310. The van der Waals surface area contributed by atoms with E-state index in [2.05, 4.69) is 26.0 Å². The molecule has 1 aliphatic rings. The normalized spacial score (nSPS) is 25.7. The van der Waals surface area contributed by atoms with Gasteiger partial charge in [-0.1, -0.05) is 39.3 Å². The van der Waals surface area contributed by atoms with Gasteiger partial charge >= 0.3 is 0 Å². The highest BCUT2D eigenvalue weighted by atomic mass is 32.5. The molecule has 0 heterocycles. The van der Waals surface area contributed by atoms with E-state index in [1.807, 2.05) is 20.8 Å². The van der Waals surface area contributed by atoms with Crippen LogP contribution < -0.4 is 0 Å². The van der Waals surface area contributed by atoms with Crippen molar-refractivity contribution in [1.82, 2.24) is 0 Å². The Morgan fingerprint density at radius 2 is 1.76 bits per heavy atom. The first kappa shape index (κ1) is 19.4. The molecule has 0 radical (unpaired) electrons. The van der Waals surface area contributed by atoms with Crippen LogP contribution in [0.5, 0.6) is 0 Å². The lowest BCUT2D eigenvalue weighted by Gasteiger charge is -2.37. The molecule has 124 valence electrons. The predicted octanol–water partition coefficient (Wildman–Crippen LogP) is 5.80. The highest BCUT2D eigenvalue weighted by Gasteiger charge is 2.36. The summed E-state index contributed by atoms with van der Waals surface area (Å²) in [5, 5.41) is -0.357. The molecule has 0 saturated carbocycles. The third-order valence-electron chi connectivity index (χ3n) is 4.26. The molecule has 0 spiro atoms. The maximum Gasteiger partial charge on any atom is 0.191 e. The summed E-state index contributed by atoms with van der Waals surface area (Å²) in [6, 6.07) is 0. The molecule has 2 nitrogen and oxygen atoms in total. The van der Waals surface area contributed by atoms with E-state index < -0.39 is 6.49 Å². The van der Waals surface area contributed by atoms with E-state index >= 15 is 0 Å². The van der Waals surface area contributed by atoms with Crippen LogP contribution in [0.4, 0.5) is 0 Å². The first-order chi connectivity index (χ1) is 9.54. The van der Waals surface area contributed by atoms with Crippen molar-refractivity contribution in [3.8, 4) is 0 Å². The smallest absolute Gasteiger partial charge is 0.191 e. The van der Waals surface area contributed by atoms with Crippen LogP contribution in [0.25, 0.3) is 0 Å². The van der Waals surface area contributed by atoms with E-state index in [0.717, 1.165) is 12.3 Å². The average Bonchev–Trinajstić information content (AvgIpc) is 2.24. The first-order valence-electron chi connectivity index (χ1n) is 8.22. The highest BCUT2D eigenvalue weighted by Crippen LogP contribution is 2.58. The van der Waals surface area contributed by atoms with Gasteiger partial charge in [0.15, 0.2) is 6.49 Å². The summed E-state index contributed by atoms with van der Waals surface area (Å²) in [6.45, 7) is 7.27. The third kappa shape index (κ3) is 6.95. The SMILES string of the molecule is CC(C)(CCC1CC/C=C/CCC1)OP(O)(=S)C(C)(C)C. The zero-order valence-electron chi connectivity index (χ0n) is 14.4. The minimum atomic E-state index is -2.76. The van der Waals surface area contributed by atoms with Gasteiger partial charge in [0.1, 0.15) is 0 Å². The predicted molar refractivity (Wildman–Crippen MR) is 96.4 cm³/mol. The molecule has 1 aliphatic carbocycles. The van der Waals surface area contributed by atoms with Crippen molar-refractivity contribution in [3.05, 3.63) is 12.2 Å². The van der Waals surface area contributed by atoms with Gasteiger partial charge in [-0.05, 0) is 70.1 Å². The van der Waals surface area contributed by atoms with E-state index in [9.17, 15) is 4.89 Å². The van der Waals surface area contributed by atoms with Gasteiger partial charge in [0.25, 0.3) is 0 Å². The largest absolute Gasteiger partial charge is 0.345 e. The van der Waals surface area contributed by atoms with Crippen LogP contribution >= 0.6 is 6.49 Å². The molecule has 0 amide bonds. The summed E-state index contributed by atoms with van der Waals surface area (Å²) in [5.41, 5.74) is -0.338. The van der Waals surface area contributed by atoms with Crippen molar-refractivity contribution in [1.29, 1.82) is 0 Å². The van der Waals surface area contributed by atoms with E-state index in [0.29, 0.717) is 0 Å². The second-order valence-corrected chi connectivity index (χ2v) is 12.0. The van der Waals surface area contributed by atoms with Gasteiger partial charge < -0.3 is 9.42 Å². The van der Waals surface area contributed by atoms with Crippen molar-refractivity contribution in [2.45, 2.75) is 90.3 Å². The van der Waals surface area contributed by atoms with Crippen LogP contribution in [0.3, 0.4) is 0 Å². The molecule has 2 atom stereocenters. The van der Waals surface area contributed by atoms with Gasteiger partial charge in [-0.3, -0.25) is 0 Å². The molecule has 21 heavy (non-hydrogen) atoms. The Morgan fingerprint density at radius 3 is 2.38 bits per heavy atom. The van der Waals surface area contributed by atoms with Gasteiger partial charge in [0, 0.05) is 5.16 Å². The number of hydrogen-bond acceptors (Lipinski definition) is 2. The zero-order chi connectivity index (χ0) is 16.1. The second-order valence-electron chi connectivity index (χ2n) is 7.93. The number of hydrogen-bond donors (Lipinski definition) is 1. The molecule has 0 aliphatic heterocycles. The summed E-state index contributed by atoms with van der Waals surface area (Å²) >= 11 is 5.37. The summed E-state index contributed by atoms with van der Waals surface area (Å²) < 4.78 is 6.00. The molecule has 1 rings (SSSR count). The monoisotopic (exact) mass is 332 g/mol. The van der Waals surface area contributed by atoms with E-state index in [1.165, 1.54) is 38.5 Å². The topological polar surface area (TPSA) is 29.5 Å². The van der Waals surface area contributed by atoms with Gasteiger partial charge in [0.05, 0.1) is 5.60 Å². The molecule has 0 aromatic carbocycles. The molecule has 1 N–H and O–H groups in total. The van der Waals surface area contributed by atoms with Gasteiger partial charge in [0.2, 0.25) is 0 Å². The summed E-state index contributed by atoms with van der Waals surface area (Å²) in [6.07, 6.45) is 13.1. The molecule has 0 fully saturated rings. The first-order valence-corrected chi connectivity index (χ1v) is 10.9. The summed E-state index contributed by atoms with van der Waals surface area (Å²) in [5.74, 6) is 0.781. The Morgan fingerprint density at radius 1 is 1.14 bits per heavy atom. The molecule has 4 heteroatoms. The maximum atomic E-state index is 10.5. The van der Waals surface area contributed by atoms with E-state index in [-0.39, 0.29) is 10.8 Å². The summed E-state index contributed by atoms with van der Waals surface area (Å²) in [4.78, 5) is 10.5. The average molecular weight is 332 g/mol. The molecular formula is C17H33O2PS. The van der Waals surface area contributed by atoms with Gasteiger partial charge in [-0.2, -0.15) is 0 Å². The van der Waals surface area contributed by atoms with Crippen LogP contribution in [-0.2, 0) is 16.3 Å². The van der Waals surface area contributed by atoms with E-state index in [4.69, 9.17) is 16.3 Å². The Labute approximate surface area is 136 Å². The minimum Gasteiger partial charge on any atom is -0.345 e. The van der Waals surface area contributed by atoms with Crippen LogP contribution in [0.1, 0.15) is 79.6 Å². The van der Waals surface area contributed by atoms with Gasteiger partial charge in [-0.15, -0.1) is 0 Å². The van der Waals surface area contributed by atoms with Crippen molar-refractivity contribution in [2.75, 3.05) is 0 Å². The van der Waals surface area contributed by atoms with Crippen LogP contribution in [0.15, 0.2) is 12.2 Å². The third-order valence-corrected chi connectivity index (χ3v) is 8.57. The molecule has 0 aromatic heterocycles. The molecular weight excluding hydrogens is 299 g/mol. The molecule has 2 unspecified atom stereocenters. The standard InChI is InChI=1S/C17H33O2PS/c1-16(2,3)20(18,21)19-17(4,5)14-13-15-11-9-7-6-8-10-12-15/h6-7,15H,8-14H2,1-5H3,(H,18,21)/b7-6+. The molecule has 0 bridgehead atoms. The fourth-order valence-corrected chi connectivity index (χ4v) is 4.23. The Balaban J connectivity index is 2.52. The Bertz CT molecular complexity index is 396. The van der Waals surface area contributed by atoms with Crippen LogP contribution in [-0.4, -0.2) is 15.7 Å². The fraction of sp³-hybridized carbons (Fsp3) is 0.882. The fourth-order valence-electron chi connectivity index (χ4n) is 2.59. The van der Waals surface area contributed by atoms with Crippen molar-refractivity contribution >= 4 is 18.3 Å². The lowest BCUT2D eigenvalue weighted by Crippen LogP contribution is -2.28. The molecule has 0 saturated heterocycles. The van der Waals surface area contributed by atoms with E-state index in [1.54, 1.807) is 0 Å². The number of allylic oxidation sites excluding steroid dienone is 2. The van der Waals surface area contributed by atoms with Crippen molar-refractivity contribution in [2.24, 2.45) is 5.92 Å². The van der Waals surface area contributed by atoms with Crippen LogP contribution in [0, 0.1) is 5.92 Å². The summed E-state index contributed by atoms with van der Waals surface area (Å²) in [7, 11) is 0. The van der Waals surface area contributed by atoms with Crippen LogP contribution in [0.2, 0.25) is 0 Å². The second kappa shape index (κ2) is 7.73. The lowest BCUT2D eigenvalue weighted by atomic mass is 9.87. The Kier molecular flexibility index (Phi) is 7.12. The zero-order valence-corrected chi connectivity index (χ0v) is 16.1.